The molecule has 0 radical (unpaired) electrons. The van der Waals surface area contributed by atoms with Crippen molar-refractivity contribution in [2.45, 2.75) is 38.4 Å². The predicted octanol–water partition coefficient (Wildman–Crippen LogP) is 1.80. The van der Waals surface area contributed by atoms with E-state index >= 15 is 0 Å². The number of benzene rings is 1. The van der Waals surface area contributed by atoms with Crippen LogP contribution < -0.4 is 11.1 Å². The van der Waals surface area contributed by atoms with Crippen LogP contribution in [0.2, 0.25) is 0 Å². The highest BCUT2D eigenvalue weighted by atomic mass is 35.5. The molecule has 1 aliphatic heterocycles. The van der Waals surface area contributed by atoms with Gasteiger partial charge in [-0.15, -0.1) is 12.4 Å². The molecule has 2 rings (SSSR count). The highest BCUT2D eigenvalue weighted by Crippen LogP contribution is 2.26. The van der Waals surface area contributed by atoms with Crippen molar-refractivity contribution in [1.29, 1.82) is 0 Å². The Morgan fingerprint density at radius 1 is 1.42 bits per heavy atom. The summed E-state index contributed by atoms with van der Waals surface area (Å²) in [7, 11) is 1.55. The minimum atomic E-state index is -0.572. The zero-order valence-electron chi connectivity index (χ0n) is 14.6. The highest BCUT2D eigenvalue weighted by Gasteiger charge is 2.28. The minimum absolute atomic E-state index is 0. The van der Waals surface area contributed by atoms with Crippen molar-refractivity contribution in [3.63, 3.8) is 0 Å². The van der Waals surface area contributed by atoms with Crippen LogP contribution in [0.4, 0.5) is 0 Å². The quantitative estimate of drug-likeness (QED) is 0.746. The van der Waals surface area contributed by atoms with Crippen LogP contribution in [0, 0.1) is 5.92 Å². The van der Waals surface area contributed by atoms with Gasteiger partial charge in [0.2, 0.25) is 5.91 Å². The number of ether oxygens (including phenoxy) is 1. The Morgan fingerprint density at radius 2 is 2.12 bits per heavy atom. The summed E-state index contributed by atoms with van der Waals surface area (Å²) in [6.07, 6.45) is 2.19. The standard InChI is InChI=1S/C18H29N3O2.ClH/c1-14-10-16(8-9-20-18(22)17(19)13-23-2)12-21(14)11-15-6-4-3-5-7-15;/h3-7,14,16-17H,8-13,19H2,1-2H3,(H,20,22);1H. The molecule has 0 aromatic heterocycles. The van der Waals surface area contributed by atoms with Crippen molar-refractivity contribution in [3.8, 4) is 0 Å². The van der Waals surface area contributed by atoms with E-state index in [1.165, 1.54) is 12.0 Å². The molecule has 3 unspecified atom stereocenters. The molecule has 0 aliphatic carbocycles. The summed E-state index contributed by atoms with van der Waals surface area (Å²) in [4.78, 5) is 14.3. The summed E-state index contributed by atoms with van der Waals surface area (Å²) in [5, 5.41) is 2.91. The molecule has 1 aliphatic rings. The van der Waals surface area contributed by atoms with Gasteiger partial charge < -0.3 is 15.8 Å². The highest BCUT2D eigenvalue weighted by molar-refractivity contribution is 5.85. The summed E-state index contributed by atoms with van der Waals surface area (Å²) < 4.78 is 4.90. The maximum atomic E-state index is 11.8. The molecular formula is C18H30ClN3O2. The fourth-order valence-electron chi connectivity index (χ4n) is 3.25. The minimum Gasteiger partial charge on any atom is -0.383 e. The van der Waals surface area contributed by atoms with Gasteiger partial charge in [-0.1, -0.05) is 30.3 Å². The number of methoxy groups -OCH3 is 1. The Bertz CT molecular complexity index is 486. The molecule has 6 heteroatoms. The zero-order valence-corrected chi connectivity index (χ0v) is 15.4. The number of hydrogen-bond donors (Lipinski definition) is 2. The number of nitrogens with two attached hydrogens (primary N) is 1. The van der Waals surface area contributed by atoms with Gasteiger partial charge in [-0.3, -0.25) is 9.69 Å². The lowest BCUT2D eigenvalue weighted by atomic mass is 10.0. The molecule has 24 heavy (non-hydrogen) atoms. The van der Waals surface area contributed by atoms with Gasteiger partial charge in [0.05, 0.1) is 6.61 Å². The molecule has 1 aromatic rings. The lowest BCUT2D eigenvalue weighted by Gasteiger charge is -2.21. The Kier molecular flexibility index (Phi) is 9.29. The number of hydrogen-bond acceptors (Lipinski definition) is 4. The second-order valence-corrected chi connectivity index (χ2v) is 6.51. The van der Waals surface area contributed by atoms with Gasteiger partial charge in [0.15, 0.2) is 0 Å². The van der Waals surface area contributed by atoms with E-state index < -0.39 is 6.04 Å². The van der Waals surface area contributed by atoms with E-state index in [4.69, 9.17) is 10.5 Å². The number of rotatable bonds is 8. The van der Waals surface area contributed by atoms with Gasteiger partial charge in [0.25, 0.3) is 0 Å². The predicted molar refractivity (Wildman–Crippen MR) is 99.1 cm³/mol. The van der Waals surface area contributed by atoms with Gasteiger partial charge in [-0.25, -0.2) is 0 Å². The van der Waals surface area contributed by atoms with Crippen molar-refractivity contribution in [2.24, 2.45) is 11.7 Å². The Labute approximate surface area is 151 Å². The van der Waals surface area contributed by atoms with Crippen LogP contribution in [0.1, 0.15) is 25.3 Å². The molecule has 136 valence electrons. The average Bonchev–Trinajstić information content (AvgIpc) is 2.88. The number of nitrogens with one attached hydrogen (secondary N) is 1. The van der Waals surface area contributed by atoms with Crippen LogP contribution in [0.15, 0.2) is 30.3 Å². The third kappa shape index (κ3) is 6.40. The second kappa shape index (κ2) is 10.7. The first-order chi connectivity index (χ1) is 11.1. The molecule has 1 fully saturated rings. The molecule has 1 aromatic carbocycles. The molecule has 1 amide bonds. The SMILES string of the molecule is COCC(N)C(=O)NCCC1CC(C)N(Cc2ccccc2)C1.Cl. The molecule has 0 saturated carbocycles. The molecule has 0 bridgehead atoms. The number of amides is 1. The van der Waals surface area contributed by atoms with Crippen LogP contribution in [0.3, 0.4) is 0 Å². The fourth-order valence-corrected chi connectivity index (χ4v) is 3.25. The number of carbonyl (C=O) groups excluding carboxylic acids is 1. The van der Waals surface area contributed by atoms with Crippen LogP contribution in [0.5, 0.6) is 0 Å². The van der Waals surface area contributed by atoms with E-state index in [1.807, 2.05) is 0 Å². The van der Waals surface area contributed by atoms with Gasteiger partial charge in [0, 0.05) is 32.8 Å². The van der Waals surface area contributed by atoms with Crippen molar-refractivity contribution in [2.75, 3.05) is 26.8 Å². The van der Waals surface area contributed by atoms with Crippen LogP contribution >= 0.6 is 12.4 Å². The summed E-state index contributed by atoms with van der Waals surface area (Å²) in [6.45, 7) is 5.33. The first-order valence-corrected chi connectivity index (χ1v) is 8.40. The molecule has 0 spiro atoms. The Hall–Kier alpha value is -1.14. The molecular weight excluding hydrogens is 326 g/mol. The molecule has 5 nitrogen and oxygen atoms in total. The summed E-state index contributed by atoms with van der Waals surface area (Å²) in [5.41, 5.74) is 7.07. The Morgan fingerprint density at radius 3 is 2.79 bits per heavy atom. The monoisotopic (exact) mass is 355 g/mol. The van der Waals surface area contributed by atoms with Gasteiger partial charge >= 0.3 is 0 Å². The van der Waals surface area contributed by atoms with E-state index in [-0.39, 0.29) is 24.9 Å². The van der Waals surface area contributed by atoms with Gasteiger partial charge in [-0.2, -0.15) is 0 Å². The average molecular weight is 356 g/mol. The summed E-state index contributed by atoms with van der Waals surface area (Å²) >= 11 is 0. The Balaban J connectivity index is 0.00000288. The lowest BCUT2D eigenvalue weighted by Crippen LogP contribution is -2.44. The van der Waals surface area contributed by atoms with E-state index in [1.54, 1.807) is 7.11 Å². The second-order valence-electron chi connectivity index (χ2n) is 6.51. The van der Waals surface area contributed by atoms with E-state index in [0.717, 1.165) is 19.5 Å². The first kappa shape index (κ1) is 20.9. The maximum Gasteiger partial charge on any atom is 0.239 e. The van der Waals surface area contributed by atoms with Crippen LogP contribution in [0.25, 0.3) is 0 Å². The molecule has 1 heterocycles. The van der Waals surface area contributed by atoms with Crippen molar-refractivity contribution in [1.82, 2.24) is 10.2 Å². The normalized spacial score (nSPS) is 22.0. The lowest BCUT2D eigenvalue weighted by molar-refractivity contribution is -0.123. The number of carbonyl (C=O) groups is 1. The number of halogens is 1. The fraction of sp³-hybridized carbons (Fsp3) is 0.611. The van der Waals surface area contributed by atoms with Crippen molar-refractivity contribution in [3.05, 3.63) is 35.9 Å². The zero-order chi connectivity index (χ0) is 16.7. The van der Waals surface area contributed by atoms with Crippen molar-refractivity contribution < 1.29 is 9.53 Å². The molecule has 3 atom stereocenters. The molecule has 3 N–H and O–H groups in total. The van der Waals surface area contributed by atoms with Crippen LogP contribution in [-0.2, 0) is 16.1 Å². The maximum absolute atomic E-state index is 11.8. The van der Waals surface area contributed by atoms with E-state index in [2.05, 4.69) is 47.5 Å². The molecule has 1 saturated heterocycles. The van der Waals surface area contributed by atoms with Gasteiger partial charge in [-0.05, 0) is 31.2 Å². The number of nitrogens with zero attached hydrogens (tertiary/aromatic N) is 1. The van der Waals surface area contributed by atoms with Crippen molar-refractivity contribution >= 4 is 18.3 Å². The van der Waals surface area contributed by atoms with Crippen LogP contribution in [-0.4, -0.2) is 49.7 Å². The topological polar surface area (TPSA) is 67.6 Å². The number of likely N-dealkylation sites (tertiary alicyclic amines) is 1. The van der Waals surface area contributed by atoms with E-state index in [0.29, 0.717) is 18.5 Å². The largest absolute Gasteiger partial charge is 0.383 e. The smallest absolute Gasteiger partial charge is 0.239 e. The summed E-state index contributed by atoms with van der Waals surface area (Å²) in [5.74, 6) is 0.506. The van der Waals surface area contributed by atoms with E-state index in [9.17, 15) is 4.79 Å². The first-order valence-electron chi connectivity index (χ1n) is 8.40. The summed E-state index contributed by atoms with van der Waals surface area (Å²) in [6, 6.07) is 10.6. The third-order valence-electron chi connectivity index (χ3n) is 4.55. The van der Waals surface area contributed by atoms with Gasteiger partial charge in [0.1, 0.15) is 6.04 Å². The third-order valence-corrected chi connectivity index (χ3v) is 4.55.